The van der Waals surface area contributed by atoms with Crippen molar-refractivity contribution in [1.29, 1.82) is 0 Å². The zero-order valence-corrected chi connectivity index (χ0v) is 11.9. The molecule has 0 aliphatic heterocycles. The van der Waals surface area contributed by atoms with Gasteiger partial charge in [0, 0.05) is 6.20 Å². The van der Waals surface area contributed by atoms with Crippen molar-refractivity contribution in [3.8, 4) is 11.7 Å². The van der Waals surface area contributed by atoms with Crippen molar-refractivity contribution in [3.63, 3.8) is 0 Å². The third kappa shape index (κ3) is 3.14. The Kier molecular flexibility index (Phi) is 3.72. The van der Waals surface area contributed by atoms with Crippen LogP contribution < -0.4 is 5.56 Å². The monoisotopic (exact) mass is 345 g/mol. The molecule has 0 amide bonds. The third-order valence-corrected chi connectivity index (χ3v) is 3.15. The van der Waals surface area contributed by atoms with Crippen LogP contribution in [0.25, 0.3) is 11.7 Å². The highest BCUT2D eigenvalue weighted by atomic mass is 35.5. The summed E-state index contributed by atoms with van der Waals surface area (Å²) in [7, 11) is 0. The highest BCUT2D eigenvalue weighted by molar-refractivity contribution is 6.30. The van der Waals surface area contributed by atoms with Crippen LogP contribution in [0.2, 0.25) is 5.02 Å². The maximum absolute atomic E-state index is 12.8. The van der Waals surface area contributed by atoms with Gasteiger partial charge in [0.1, 0.15) is 5.02 Å². The lowest BCUT2D eigenvalue weighted by atomic mass is 10.2. The fraction of sp³-hybridized carbons (Fsp3) is 0.154. The van der Waals surface area contributed by atoms with Crippen LogP contribution in [0.3, 0.4) is 0 Å². The van der Waals surface area contributed by atoms with Gasteiger partial charge in [-0.2, -0.15) is 18.2 Å². The van der Waals surface area contributed by atoms with E-state index in [1.165, 1.54) is 6.26 Å². The van der Waals surface area contributed by atoms with Crippen LogP contribution in [-0.2, 0) is 12.7 Å². The van der Waals surface area contributed by atoms with E-state index >= 15 is 0 Å². The van der Waals surface area contributed by atoms with E-state index in [1.807, 2.05) is 0 Å². The van der Waals surface area contributed by atoms with Crippen molar-refractivity contribution >= 4 is 11.6 Å². The van der Waals surface area contributed by atoms with Gasteiger partial charge in [-0.3, -0.25) is 4.79 Å². The molecule has 0 radical (unpaired) electrons. The molecule has 0 fully saturated rings. The topological polar surface area (TPSA) is 74.1 Å². The molecular weight excluding hydrogens is 339 g/mol. The Labute approximate surface area is 131 Å². The van der Waals surface area contributed by atoms with Crippen LogP contribution in [0.5, 0.6) is 0 Å². The van der Waals surface area contributed by atoms with E-state index in [1.54, 1.807) is 12.1 Å². The van der Waals surface area contributed by atoms with Crippen molar-refractivity contribution in [3.05, 3.63) is 57.4 Å². The molecule has 3 aromatic rings. The van der Waals surface area contributed by atoms with Gasteiger partial charge in [-0.15, -0.1) is 0 Å². The highest BCUT2D eigenvalue weighted by Crippen LogP contribution is 2.29. The lowest BCUT2D eigenvalue weighted by Gasteiger charge is -2.10. The molecule has 120 valence electrons. The normalized spacial score (nSPS) is 11.8. The zero-order valence-electron chi connectivity index (χ0n) is 11.2. The second-order valence-corrected chi connectivity index (χ2v) is 4.91. The summed E-state index contributed by atoms with van der Waals surface area (Å²) in [5.74, 6) is 0.364. The fourth-order valence-electron chi connectivity index (χ4n) is 1.84. The predicted octanol–water partition coefficient (Wildman–Crippen LogP) is 3.21. The molecule has 0 saturated carbocycles. The molecule has 0 unspecified atom stereocenters. The number of hydrogen-bond donors (Lipinski definition) is 0. The van der Waals surface area contributed by atoms with E-state index in [4.69, 9.17) is 20.5 Å². The van der Waals surface area contributed by atoms with Gasteiger partial charge in [-0.05, 0) is 18.2 Å². The Balaban J connectivity index is 1.94. The number of nitrogens with zero attached hydrogens (tertiary/aromatic N) is 3. The van der Waals surface area contributed by atoms with Crippen molar-refractivity contribution in [2.45, 2.75) is 12.7 Å². The van der Waals surface area contributed by atoms with Crippen LogP contribution in [0, 0.1) is 0 Å². The number of hydrogen-bond acceptors (Lipinski definition) is 5. The number of halogens is 4. The van der Waals surface area contributed by atoms with Gasteiger partial charge in [0.05, 0.1) is 18.4 Å². The van der Waals surface area contributed by atoms with Crippen molar-refractivity contribution in [2.24, 2.45) is 0 Å². The van der Waals surface area contributed by atoms with E-state index < -0.39 is 22.3 Å². The summed E-state index contributed by atoms with van der Waals surface area (Å²) >= 11 is 5.57. The van der Waals surface area contributed by atoms with Gasteiger partial charge >= 0.3 is 6.18 Å². The molecule has 3 heterocycles. The fourth-order valence-corrected chi connectivity index (χ4v) is 2.07. The summed E-state index contributed by atoms with van der Waals surface area (Å²) in [6.45, 7) is -0.327. The predicted molar refractivity (Wildman–Crippen MR) is 71.8 cm³/mol. The van der Waals surface area contributed by atoms with Crippen LogP contribution in [0.4, 0.5) is 13.2 Å². The molecule has 6 nitrogen and oxygen atoms in total. The molecular formula is C13H7ClF3N3O3. The Morgan fingerprint density at radius 2 is 2.13 bits per heavy atom. The van der Waals surface area contributed by atoms with Crippen LogP contribution >= 0.6 is 11.6 Å². The first kappa shape index (κ1) is 15.3. The quantitative estimate of drug-likeness (QED) is 0.728. The van der Waals surface area contributed by atoms with Crippen molar-refractivity contribution < 1.29 is 22.1 Å². The standard InChI is InChI=1S/C13H7ClF3N3O3/c14-8-4-7(13(15,16)17)5-20(12(8)21)6-10-18-11(23-19-10)9-2-1-3-22-9/h1-5H,6H2. The molecule has 0 aromatic carbocycles. The molecule has 0 N–H and O–H groups in total. The van der Waals surface area contributed by atoms with Crippen molar-refractivity contribution in [1.82, 2.24) is 14.7 Å². The van der Waals surface area contributed by atoms with E-state index in [9.17, 15) is 18.0 Å². The minimum Gasteiger partial charge on any atom is -0.459 e. The first-order valence-corrected chi connectivity index (χ1v) is 6.56. The molecule has 0 bridgehead atoms. The molecule has 0 spiro atoms. The largest absolute Gasteiger partial charge is 0.459 e. The van der Waals surface area contributed by atoms with Gasteiger partial charge < -0.3 is 13.5 Å². The van der Waals surface area contributed by atoms with E-state index in [-0.39, 0.29) is 18.3 Å². The molecule has 0 atom stereocenters. The average Bonchev–Trinajstić information content (AvgIpc) is 3.13. The number of alkyl halides is 3. The summed E-state index contributed by atoms with van der Waals surface area (Å²) in [5, 5.41) is 3.05. The smallest absolute Gasteiger partial charge is 0.417 e. The lowest BCUT2D eigenvalue weighted by molar-refractivity contribution is -0.138. The minimum absolute atomic E-state index is 0.00823. The molecule has 0 aliphatic carbocycles. The van der Waals surface area contributed by atoms with E-state index in [0.29, 0.717) is 18.0 Å². The molecule has 3 rings (SSSR count). The summed E-state index contributed by atoms with van der Waals surface area (Å²) in [4.78, 5) is 15.8. The minimum atomic E-state index is -4.63. The highest BCUT2D eigenvalue weighted by Gasteiger charge is 2.32. The second kappa shape index (κ2) is 5.58. The van der Waals surface area contributed by atoms with Gasteiger partial charge in [-0.25, -0.2) is 0 Å². The van der Waals surface area contributed by atoms with Gasteiger partial charge in [-0.1, -0.05) is 16.8 Å². The summed E-state index contributed by atoms with van der Waals surface area (Å²) in [6.07, 6.45) is -2.58. The van der Waals surface area contributed by atoms with Crippen LogP contribution in [0.15, 0.2) is 44.4 Å². The van der Waals surface area contributed by atoms with Crippen molar-refractivity contribution in [2.75, 3.05) is 0 Å². The molecule has 10 heteroatoms. The van der Waals surface area contributed by atoms with Crippen LogP contribution in [-0.4, -0.2) is 14.7 Å². The van der Waals surface area contributed by atoms with Gasteiger partial charge in [0.25, 0.3) is 11.4 Å². The number of aromatic nitrogens is 3. The molecule has 3 aromatic heterocycles. The lowest BCUT2D eigenvalue weighted by Crippen LogP contribution is -2.23. The van der Waals surface area contributed by atoms with E-state index in [0.717, 1.165) is 4.57 Å². The molecule has 0 saturated heterocycles. The molecule has 0 aliphatic rings. The zero-order chi connectivity index (χ0) is 16.6. The Hall–Kier alpha value is -2.55. The number of furan rings is 1. The number of pyridine rings is 1. The summed E-state index contributed by atoms with van der Waals surface area (Å²) in [5.41, 5.74) is -1.83. The Morgan fingerprint density at radius 3 is 2.78 bits per heavy atom. The first-order chi connectivity index (χ1) is 10.8. The third-order valence-electron chi connectivity index (χ3n) is 2.88. The van der Waals surface area contributed by atoms with E-state index in [2.05, 4.69) is 10.1 Å². The number of rotatable bonds is 3. The van der Waals surface area contributed by atoms with Gasteiger partial charge in [0.2, 0.25) is 0 Å². The second-order valence-electron chi connectivity index (χ2n) is 4.50. The maximum atomic E-state index is 12.8. The average molecular weight is 346 g/mol. The first-order valence-electron chi connectivity index (χ1n) is 6.18. The Morgan fingerprint density at radius 1 is 1.35 bits per heavy atom. The Bertz CT molecular complexity index is 884. The summed E-state index contributed by atoms with van der Waals surface area (Å²) < 4.78 is 49.1. The summed E-state index contributed by atoms with van der Waals surface area (Å²) in [6, 6.07) is 3.76. The molecule has 23 heavy (non-hydrogen) atoms. The van der Waals surface area contributed by atoms with Gasteiger partial charge in [0.15, 0.2) is 11.6 Å². The SMILES string of the molecule is O=c1c(Cl)cc(C(F)(F)F)cn1Cc1noc(-c2ccco2)n1. The maximum Gasteiger partial charge on any atom is 0.417 e. The van der Waals surface area contributed by atoms with Crippen LogP contribution in [0.1, 0.15) is 11.4 Å².